The first-order valence-electron chi connectivity index (χ1n) is 14.7. The number of fused-ring (bicyclic) bond motifs is 1. The van der Waals surface area contributed by atoms with Gasteiger partial charge in [0.05, 0.1) is 19.0 Å². The molecule has 1 aromatic rings. The molecule has 41 heavy (non-hydrogen) atoms. The third kappa shape index (κ3) is 6.79. The van der Waals surface area contributed by atoms with Crippen LogP contribution >= 0.6 is 0 Å². The molecule has 2 unspecified atom stereocenters. The Balaban J connectivity index is 1.17. The molecule has 1 amide bonds. The van der Waals surface area contributed by atoms with Crippen LogP contribution in [0.2, 0.25) is 0 Å². The smallest absolute Gasteiger partial charge is 0.272 e. The van der Waals surface area contributed by atoms with Crippen molar-refractivity contribution in [1.29, 1.82) is 0 Å². The number of benzene rings is 1. The van der Waals surface area contributed by atoms with Crippen LogP contribution in [-0.4, -0.2) is 113 Å². The number of piperidine rings is 1. The van der Waals surface area contributed by atoms with Crippen molar-refractivity contribution in [1.82, 2.24) is 15.1 Å². The number of likely N-dealkylation sites (tertiary alicyclic amines) is 1. The van der Waals surface area contributed by atoms with Gasteiger partial charge in [-0.05, 0) is 38.3 Å². The average molecular weight is 569 g/mol. The van der Waals surface area contributed by atoms with Gasteiger partial charge in [-0.15, -0.1) is 0 Å². The maximum Gasteiger partial charge on any atom is 0.272 e. The zero-order valence-corrected chi connectivity index (χ0v) is 24.3. The Labute approximate surface area is 242 Å². The van der Waals surface area contributed by atoms with Gasteiger partial charge < -0.3 is 44.7 Å². The molecule has 0 radical (unpaired) electrons. The molecule has 3 N–H and O–H groups in total. The van der Waals surface area contributed by atoms with Crippen LogP contribution in [0, 0.1) is 0 Å². The third-order valence-corrected chi connectivity index (χ3v) is 8.59. The maximum atomic E-state index is 13.6. The molecule has 4 heterocycles. The number of piperazine rings is 1. The number of carbonyl (C=O) groups excluding carboxylic acids is 1. The summed E-state index contributed by atoms with van der Waals surface area (Å²) in [5.74, 6) is 1.49. The number of anilines is 1. The minimum atomic E-state index is -0.0976. The number of aliphatic imine (C=N–C) groups is 1. The molecule has 11 nitrogen and oxygen atoms in total. The molecule has 0 saturated carbocycles. The molecule has 2 atom stereocenters. The Morgan fingerprint density at radius 3 is 2.49 bits per heavy atom. The minimum absolute atomic E-state index is 0.0639. The van der Waals surface area contributed by atoms with Gasteiger partial charge >= 0.3 is 0 Å². The molecule has 1 aromatic carbocycles. The van der Waals surface area contributed by atoms with Gasteiger partial charge in [0.25, 0.3) is 5.91 Å². The number of allylic oxidation sites excluding steroid dienone is 1. The Kier molecular flexibility index (Phi) is 9.68. The minimum Gasteiger partial charge on any atom is -0.486 e. The van der Waals surface area contributed by atoms with Gasteiger partial charge in [0.15, 0.2) is 11.5 Å². The highest BCUT2D eigenvalue weighted by Crippen LogP contribution is 2.34. The van der Waals surface area contributed by atoms with Gasteiger partial charge in [-0.3, -0.25) is 4.79 Å². The molecule has 224 valence electrons. The summed E-state index contributed by atoms with van der Waals surface area (Å²) in [6.45, 7) is 13.3. The summed E-state index contributed by atoms with van der Waals surface area (Å²) in [4.78, 5) is 24.4. The number of nitrogens with two attached hydrogens (primary N) is 1. The van der Waals surface area contributed by atoms with Crippen LogP contribution in [-0.2, 0) is 14.3 Å². The Hall–Kier alpha value is -3.28. The number of nitrogens with one attached hydrogen (secondary N) is 1. The fraction of sp³-hybridized carbons (Fsp3) is 0.600. The first-order valence-corrected chi connectivity index (χ1v) is 14.7. The predicted octanol–water partition coefficient (Wildman–Crippen LogP) is 1.74. The Morgan fingerprint density at radius 2 is 1.78 bits per heavy atom. The molecule has 3 fully saturated rings. The van der Waals surface area contributed by atoms with Crippen LogP contribution in [0.1, 0.15) is 26.2 Å². The zero-order chi connectivity index (χ0) is 28.8. The van der Waals surface area contributed by atoms with E-state index in [2.05, 4.69) is 38.8 Å². The van der Waals surface area contributed by atoms with Crippen LogP contribution in [0.5, 0.6) is 11.5 Å². The van der Waals surface area contributed by atoms with Crippen molar-refractivity contribution < 1.29 is 23.7 Å². The highest BCUT2D eigenvalue weighted by molar-refractivity contribution is 5.95. The van der Waals surface area contributed by atoms with E-state index >= 15 is 0 Å². The number of ether oxygens (including phenoxy) is 4. The normalized spacial score (nSPS) is 24.4. The monoisotopic (exact) mass is 568 g/mol. The number of hydrogen-bond acceptors (Lipinski definition) is 9. The SMILES string of the molecule is C=C(/C(C)=C(\N=C/N)C(=O)N1CCC(NC2CCOCC2OC)CC1)N1CCN(c2ccc3c(c2)OCCO3)CC1. The highest BCUT2D eigenvalue weighted by Gasteiger charge is 2.32. The Morgan fingerprint density at radius 1 is 1.05 bits per heavy atom. The number of methoxy groups -OCH3 is 1. The van der Waals surface area contributed by atoms with E-state index in [9.17, 15) is 4.79 Å². The number of hydrogen-bond donors (Lipinski definition) is 2. The standard InChI is InChI=1S/C30H44N6O5/c1-21(22(2)34-11-13-35(14-12-34)24-4-5-26-27(18-24)41-17-16-40-26)29(32-20-31)30(37)36-9-6-23(7-10-36)33-25-8-15-39-19-28(25)38-3/h4-5,18,20,23,25,28,33H,2,6-17,19H2,1,3H3,(H2,31,32)/b29-21-. The van der Waals surface area contributed by atoms with E-state index in [4.69, 9.17) is 24.7 Å². The lowest BCUT2D eigenvalue weighted by Gasteiger charge is -2.39. The molecular formula is C30H44N6O5. The molecular weight excluding hydrogens is 524 g/mol. The fourth-order valence-electron chi connectivity index (χ4n) is 6.06. The van der Waals surface area contributed by atoms with Crippen molar-refractivity contribution in [2.75, 3.05) is 77.7 Å². The average Bonchev–Trinajstić information content (AvgIpc) is 3.03. The predicted molar refractivity (Wildman–Crippen MR) is 158 cm³/mol. The van der Waals surface area contributed by atoms with E-state index < -0.39 is 0 Å². The Bertz CT molecular complexity index is 1140. The van der Waals surface area contributed by atoms with Gasteiger partial charge in [-0.25, -0.2) is 4.99 Å². The maximum absolute atomic E-state index is 13.6. The summed E-state index contributed by atoms with van der Waals surface area (Å²) in [7, 11) is 1.73. The lowest BCUT2D eigenvalue weighted by atomic mass is 9.99. The van der Waals surface area contributed by atoms with Crippen molar-refractivity contribution in [3.8, 4) is 11.5 Å². The number of carbonyl (C=O) groups is 1. The number of nitrogens with zero attached hydrogens (tertiary/aromatic N) is 4. The molecule has 0 aliphatic carbocycles. The van der Waals surface area contributed by atoms with Gasteiger partial charge in [0.1, 0.15) is 18.9 Å². The van der Waals surface area contributed by atoms with Crippen LogP contribution in [0.25, 0.3) is 0 Å². The molecule has 0 spiro atoms. The first kappa shape index (κ1) is 29.2. The van der Waals surface area contributed by atoms with Crippen molar-refractivity contribution in [2.45, 2.75) is 44.4 Å². The molecule has 0 aromatic heterocycles. The van der Waals surface area contributed by atoms with Crippen molar-refractivity contribution in [3.63, 3.8) is 0 Å². The van der Waals surface area contributed by atoms with Crippen LogP contribution in [0.15, 0.2) is 46.7 Å². The second kappa shape index (κ2) is 13.6. The second-order valence-corrected chi connectivity index (χ2v) is 11.0. The highest BCUT2D eigenvalue weighted by atomic mass is 16.6. The fourth-order valence-corrected chi connectivity index (χ4v) is 6.06. The number of amides is 1. The first-order chi connectivity index (χ1) is 20.0. The van der Waals surface area contributed by atoms with E-state index in [1.165, 1.54) is 6.34 Å². The van der Waals surface area contributed by atoms with Crippen LogP contribution in [0.3, 0.4) is 0 Å². The van der Waals surface area contributed by atoms with E-state index in [1.54, 1.807) is 7.11 Å². The third-order valence-electron chi connectivity index (χ3n) is 8.59. The molecule has 4 aliphatic heterocycles. The van der Waals surface area contributed by atoms with Gasteiger partial charge in [0, 0.05) is 88.1 Å². The summed E-state index contributed by atoms with van der Waals surface area (Å²) < 4.78 is 22.6. The van der Waals surface area contributed by atoms with Crippen molar-refractivity contribution in [3.05, 3.63) is 41.7 Å². The van der Waals surface area contributed by atoms with Crippen molar-refractivity contribution >= 4 is 17.9 Å². The number of rotatable bonds is 8. The van der Waals surface area contributed by atoms with Gasteiger partial charge in [-0.1, -0.05) is 6.58 Å². The van der Waals surface area contributed by atoms with E-state index in [-0.39, 0.29) is 18.1 Å². The zero-order valence-electron chi connectivity index (χ0n) is 24.3. The summed E-state index contributed by atoms with van der Waals surface area (Å²) >= 11 is 0. The van der Waals surface area contributed by atoms with Crippen LogP contribution in [0.4, 0.5) is 5.69 Å². The summed E-state index contributed by atoms with van der Waals surface area (Å²) in [6.07, 6.45) is 3.95. The molecule has 5 rings (SSSR count). The summed E-state index contributed by atoms with van der Waals surface area (Å²) in [5.41, 5.74) is 8.74. The van der Waals surface area contributed by atoms with E-state index in [1.807, 2.05) is 17.9 Å². The van der Waals surface area contributed by atoms with Crippen LogP contribution < -0.4 is 25.4 Å². The van der Waals surface area contributed by atoms with Crippen molar-refractivity contribution in [2.24, 2.45) is 10.7 Å². The van der Waals surface area contributed by atoms with E-state index in [0.717, 1.165) is 80.5 Å². The topological polar surface area (TPSA) is 114 Å². The molecule has 11 heteroatoms. The largest absolute Gasteiger partial charge is 0.486 e. The lowest BCUT2D eigenvalue weighted by molar-refractivity contribution is -0.128. The summed E-state index contributed by atoms with van der Waals surface area (Å²) in [6, 6.07) is 6.72. The molecule has 0 bridgehead atoms. The quantitative estimate of drug-likeness (QED) is 0.210. The molecule has 4 aliphatic rings. The van der Waals surface area contributed by atoms with Gasteiger partial charge in [-0.2, -0.15) is 0 Å². The molecule has 3 saturated heterocycles. The van der Waals surface area contributed by atoms with E-state index in [0.29, 0.717) is 44.6 Å². The van der Waals surface area contributed by atoms with Gasteiger partial charge in [0.2, 0.25) is 0 Å². The lowest BCUT2D eigenvalue weighted by Crippen LogP contribution is -2.54. The summed E-state index contributed by atoms with van der Waals surface area (Å²) in [5, 5.41) is 3.74. The second-order valence-electron chi connectivity index (χ2n) is 11.0.